The second-order valence-corrected chi connectivity index (χ2v) is 15.4. The van der Waals surface area contributed by atoms with Gasteiger partial charge in [-0.25, -0.2) is 0 Å². The predicted octanol–water partition coefficient (Wildman–Crippen LogP) is 6.73. The Morgan fingerprint density at radius 2 is 0.737 bits per heavy atom. The second-order valence-electron chi connectivity index (χ2n) is 9.94. The van der Waals surface area contributed by atoms with Crippen molar-refractivity contribution >= 4 is 17.2 Å². The quantitative estimate of drug-likeness (QED) is 0.471. The van der Waals surface area contributed by atoms with Gasteiger partial charge in [-0.3, -0.25) is 0 Å². The molecule has 19 heavy (non-hydrogen) atoms. The largest absolute Gasteiger partial charge is 0.125 e. The van der Waals surface area contributed by atoms with Crippen molar-refractivity contribution < 1.29 is 0 Å². The van der Waals surface area contributed by atoms with Crippen molar-refractivity contribution in [3.63, 3.8) is 0 Å². The normalized spacial score (nSPS) is 16.1. The molecule has 0 heterocycles. The van der Waals surface area contributed by atoms with E-state index in [9.17, 15) is 0 Å². The van der Waals surface area contributed by atoms with Gasteiger partial charge >= 0.3 is 0 Å². The van der Waals surface area contributed by atoms with E-state index in [0.29, 0.717) is 10.3 Å². The van der Waals surface area contributed by atoms with Crippen molar-refractivity contribution in [1.29, 1.82) is 0 Å². The molecule has 0 saturated heterocycles. The van der Waals surface area contributed by atoms with Crippen molar-refractivity contribution in [3.05, 3.63) is 0 Å². The molecule has 2 heteroatoms. The van der Waals surface area contributed by atoms with Crippen LogP contribution in [-0.4, -0.2) is 15.2 Å². The highest BCUT2D eigenvalue weighted by Gasteiger charge is 2.58. The van der Waals surface area contributed by atoms with Gasteiger partial charge in [0.1, 0.15) is 0 Å². The summed E-state index contributed by atoms with van der Waals surface area (Å²) in [7, 11) is 3.12. The SMILES string of the molecule is CC(C)(C)P(C(C)(C)C)C(P)(C(C)(C)C)C(C)(C)C. The van der Waals surface area contributed by atoms with Crippen LogP contribution in [0.15, 0.2) is 0 Å². The topological polar surface area (TPSA) is 0 Å². The van der Waals surface area contributed by atoms with E-state index < -0.39 is 0 Å². The Kier molecular flexibility index (Phi) is 5.48. The first kappa shape index (κ1) is 19.9. The van der Waals surface area contributed by atoms with E-state index in [4.69, 9.17) is 0 Å². The molecule has 0 aliphatic carbocycles. The molecule has 0 aliphatic heterocycles. The summed E-state index contributed by atoms with van der Waals surface area (Å²) in [6, 6.07) is 0. The zero-order chi connectivity index (χ0) is 16.1. The molecule has 0 nitrogen and oxygen atoms in total. The molecule has 1 atom stereocenters. The fourth-order valence-electron chi connectivity index (χ4n) is 3.86. The van der Waals surface area contributed by atoms with E-state index in [1.807, 2.05) is 0 Å². The predicted molar refractivity (Wildman–Crippen MR) is 97.8 cm³/mol. The molecule has 0 spiro atoms. The molecule has 0 bridgehead atoms. The van der Waals surface area contributed by atoms with Gasteiger partial charge in [-0.15, -0.1) is 9.24 Å². The highest BCUT2D eigenvalue weighted by atomic mass is 31.2. The Bertz CT molecular complexity index is 274. The average molecular weight is 304 g/mol. The Balaban J connectivity index is 6.28. The van der Waals surface area contributed by atoms with E-state index in [-0.39, 0.29) is 23.6 Å². The van der Waals surface area contributed by atoms with E-state index in [0.717, 1.165) is 0 Å². The van der Waals surface area contributed by atoms with Crippen molar-refractivity contribution in [3.8, 4) is 0 Å². The minimum Gasteiger partial charge on any atom is -0.125 e. The number of rotatable bonds is 1. The van der Waals surface area contributed by atoms with Gasteiger partial charge in [-0.1, -0.05) is 91.0 Å². The zero-order valence-electron chi connectivity index (χ0n) is 15.5. The molecule has 0 rings (SSSR count). The molecule has 0 saturated carbocycles. The van der Waals surface area contributed by atoms with Crippen LogP contribution in [0.3, 0.4) is 0 Å². The van der Waals surface area contributed by atoms with E-state index in [1.165, 1.54) is 0 Å². The molecular formula is C17H38P2. The summed E-state index contributed by atoms with van der Waals surface area (Å²) < 4.78 is 0. The molecule has 0 radical (unpaired) electrons. The van der Waals surface area contributed by atoms with Crippen LogP contribution in [0, 0.1) is 10.8 Å². The standard InChI is InChI=1S/C17H38P2/c1-13(2,3)17(18,14(4,5)6)19(15(7,8)9)16(10,11)12/h18H2,1-12H3. The fourth-order valence-corrected chi connectivity index (χ4v) is 11.7. The van der Waals surface area contributed by atoms with Gasteiger partial charge in [0, 0.05) is 4.90 Å². The lowest BCUT2D eigenvalue weighted by molar-refractivity contribution is 0.209. The van der Waals surface area contributed by atoms with Crippen molar-refractivity contribution in [1.82, 2.24) is 0 Å². The van der Waals surface area contributed by atoms with Gasteiger partial charge in [0.05, 0.1) is 0 Å². The lowest BCUT2D eigenvalue weighted by atomic mass is 9.76. The Hall–Kier alpha value is 0.860. The molecule has 0 aromatic carbocycles. The summed E-state index contributed by atoms with van der Waals surface area (Å²) in [5, 5.41) is 0.686. The Labute approximate surface area is 126 Å². The van der Waals surface area contributed by atoms with Crippen LogP contribution in [0.1, 0.15) is 83.1 Å². The summed E-state index contributed by atoms with van der Waals surface area (Å²) in [5.74, 6) is 0. The van der Waals surface area contributed by atoms with Crippen LogP contribution in [-0.2, 0) is 0 Å². The Morgan fingerprint density at radius 3 is 0.789 bits per heavy atom. The van der Waals surface area contributed by atoms with Crippen LogP contribution >= 0.6 is 17.2 Å². The molecule has 116 valence electrons. The van der Waals surface area contributed by atoms with Gasteiger partial charge in [0.25, 0.3) is 0 Å². The first-order valence-electron chi connectivity index (χ1n) is 7.46. The zero-order valence-corrected chi connectivity index (χ0v) is 17.6. The van der Waals surface area contributed by atoms with Crippen LogP contribution in [0.4, 0.5) is 0 Å². The first-order valence-corrected chi connectivity index (χ1v) is 9.38. The van der Waals surface area contributed by atoms with Gasteiger partial charge in [0.2, 0.25) is 0 Å². The third-order valence-corrected chi connectivity index (χ3v) is 11.2. The maximum atomic E-state index is 3.33. The van der Waals surface area contributed by atoms with Gasteiger partial charge in [-0.2, -0.15) is 0 Å². The maximum absolute atomic E-state index is 3.33. The van der Waals surface area contributed by atoms with E-state index in [2.05, 4.69) is 92.3 Å². The molecular weight excluding hydrogens is 266 g/mol. The smallest absolute Gasteiger partial charge is 0.0155 e. The third kappa shape index (κ3) is 3.95. The van der Waals surface area contributed by atoms with Crippen LogP contribution < -0.4 is 0 Å². The maximum Gasteiger partial charge on any atom is 0.0155 e. The summed E-state index contributed by atoms with van der Waals surface area (Å²) >= 11 is 0. The highest BCUT2D eigenvalue weighted by Crippen LogP contribution is 2.78. The van der Waals surface area contributed by atoms with Gasteiger partial charge in [-0.05, 0) is 21.1 Å². The summed E-state index contributed by atoms with van der Waals surface area (Å²) in [4.78, 5) is 0.242. The van der Waals surface area contributed by atoms with Gasteiger partial charge < -0.3 is 0 Å². The monoisotopic (exact) mass is 304 g/mol. The molecule has 0 aromatic rings. The van der Waals surface area contributed by atoms with E-state index in [1.54, 1.807) is 0 Å². The molecule has 1 unspecified atom stereocenters. The van der Waals surface area contributed by atoms with Crippen LogP contribution in [0.5, 0.6) is 0 Å². The molecule has 0 aliphatic rings. The molecule has 0 N–H and O–H groups in total. The van der Waals surface area contributed by atoms with Crippen LogP contribution in [0.2, 0.25) is 0 Å². The minimum absolute atomic E-state index is 0.201. The highest BCUT2D eigenvalue weighted by molar-refractivity contribution is 7.69. The number of hydrogen-bond donors (Lipinski definition) is 0. The number of hydrogen-bond acceptors (Lipinski definition) is 0. The molecule has 0 fully saturated rings. The Morgan fingerprint density at radius 1 is 0.526 bits per heavy atom. The minimum atomic E-state index is -0.201. The third-order valence-electron chi connectivity index (χ3n) is 3.98. The fraction of sp³-hybridized carbons (Fsp3) is 1.00. The van der Waals surface area contributed by atoms with Crippen molar-refractivity contribution in [2.24, 2.45) is 10.8 Å². The van der Waals surface area contributed by atoms with Crippen molar-refractivity contribution in [2.75, 3.05) is 0 Å². The summed E-state index contributed by atoms with van der Waals surface area (Å²) in [5.41, 5.74) is 0.532. The van der Waals surface area contributed by atoms with Crippen LogP contribution in [0.25, 0.3) is 0 Å². The van der Waals surface area contributed by atoms with Gasteiger partial charge in [0.15, 0.2) is 0 Å². The first-order chi connectivity index (χ1) is 7.87. The lowest BCUT2D eigenvalue weighted by Gasteiger charge is -2.63. The van der Waals surface area contributed by atoms with E-state index >= 15 is 0 Å². The average Bonchev–Trinajstić information content (AvgIpc) is 1.92. The lowest BCUT2D eigenvalue weighted by Crippen LogP contribution is -2.52. The molecule has 0 aromatic heterocycles. The summed E-state index contributed by atoms with van der Waals surface area (Å²) in [6.07, 6.45) is 0. The second kappa shape index (κ2) is 5.25. The molecule has 0 amide bonds. The summed E-state index contributed by atoms with van der Waals surface area (Å²) in [6.45, 7) is 29.1. The van der Waals surface area contributed by atoms with Crippen molar-refractivity contribution in [2.45, 2.75) is 98.3 Å².